The zero-order valence-corrected chi connectivity index (χ0v) is 19.3. The lowest BCUT2D eigenvalue weighted by Crippen LogP contribution is -2.30. The van der Waals surface area contributed by atoms with Gasteiger partial charge in [0.1, 0.15) is 11.5 Å². The number of hydrogen-bond donors (Lipinski definition) is 1. The molecular weight excluding hydrogens is 406 g/mol. The van der Waals surface area contributed by atoms with Crippen LogP contribution in [0.1, 0.15) is 51.3 Å². The Morgan fingerprint density at radius 3 is 2.34 bits per heavy atom. The second-order valence-corrected chi connectivity index (χ2v) is 8.71. The van der Waals surface area contributed by atoms with E-state index in [9.17, 15) is 14.7 Å². The van der Waals surface area contributed by atoms with E-state index in [1.807, 2.05) is 64.1 Å². The third-order valence-electron chi connectivity index (χ3n) is 5.26. The van der Waals surface area contributed by atoms with Crippen molar-refractivity contribution in [3.05, 3.63) is 71.0 Å². The first-order chi connectivity index (χ1) is 15.2. The predicted octanol–water partition coefficient (Wildman–Crippen LogP) is 4.99. The number of hydrogen-bond acceptors (Lipinski definition) is 5. The second-order valence-electron chi connectivity index (χ2n) is 8.71. The first kappa shape index (κ1) is 23.4. The molecule has 0 bridgehead atoms. The summed E-state index contributed by atoms with van der Waals surface area (Å²) >= 11 is 0. The Labute approximate surface area is 189 Å². The van der Waals surface area contributed by atoms with E-state index in [1.54, 1.807) is 19.2 Å². The molecule has 1 unspecified atom stereocenters. The Hall–Kier alpha value is -3.28. The SMILES string of the molecule is COc1cccc(C2C(C(=O)CC(C)C)=C(O)C(=O)N2Cc2ccc(OC(C)C)cc2)c1. The maximum Gasteiger partial charge on any atom is 0.290 e. The fourth-order valence-electron chi connectivity index (χ4n) is 3.88. The lowest BCUT2D eigenvalue weighted by atomic mass is 9.92. The largest absolute Gasteiger partial charge is 0.503 e. The van der Waals surface area contributed by atoms with Crippen LogP contribution >= 0.6 is 0 Å². The first-order valence-corrected chi connectivity index (χ1v) is 10.9. The minimum atomic E-state index is -0.685. The van der Waals surface area contributed by atoms with E-state index in [2.05, 4.69) is 0 Å². The van der Waals surface area contributed by atoms with E-state index in [-0.39, 0.29) is 36.3 Å². The number of aliphatic hydroxyl groups excluding tert-OH is 1. The average Bonchev–Trinajstić information content (AvgIpc) is 2.99. The van der Waals surface area contributed by atoms with Crippen LogP contribution in [0.2, 0.25) is 0 Å². The molecule has 0 spiro atoms. The number of benzene rings is 2. The van der Waals surface area contributed by atoms with Crippen molar-refractivity contribution in [3.63, 3.8) is 0 Å². The number of rotatable bonds is 9. The van der Waals surface area contributed by atoms with E-state index >= 15 is 0 Å². The number of ether oxygens (including phenoxy) is 2. The maximum atomic E-state index is 13.1. The Morgan fingerprint density at radius 2 is 1.75 bits per heavy atom. The molecular formula is C26H31NO5. The summed E-state index contributed by atoms with van der Waals surface area (Å²) < 4.78 is 11.0. The Morgan fingerprint density at radius 1 is 1.06 bits per heavy atom. The van der Waals surface area contributed by atoms with Gasteiger partial charge in [0.2, 0.25) is 0 Å². The highest BCUT2D eigenvalue weighted by Crippen LogP contribution is 2.40. The van der Waals surface area contributed by atoms with Gasteiger partial charge in [0.05, 0.1) is 24.8 Å². The van der Waals surface area contributed by atoms with E-state index < -0.39 is 17.7 Å². The minimum Gasteiger partial charge on any atom is -0.503 e. The molecule has 170 valence electrons. The zero-order valence-electron chi connectivity index (χ0n) is 19.3. The molecule has 2 aromatic carbocycles. The average molecular weight is 438 g/mol. The topological polar surface area (TPSA) is 76.1 Å². The fourth-order valence-corrected chi connectivity index (χ4v) is 3.88. The van der Waals surface area contributed by atoms with Gasteiger partial charge in [-0.15, -0.1) is 0 Å². The molecule has 1 aliphatic rings. The van der Waals surface area contributed by atoms with Crippen LogP contribution in [0.15, 0.2) is 59.9 Å². The van der Waals surface area contributed by atoms with Crippen molar-refractivity contribution in [2.75, 3.05) is 7.11 Å². The second kappa shape index (κ2) is 9.90. The quantitative estimate of drug-likeness (QED) is 0.598. The van der Waals surface area contributed by atoms with Gasteiger partial charge in [-0.1, -0.05) is 38.1 Å². The summed E-state index contributed by atoms with van der Waals surface area (Å²) in [5.74, 6) is 0.227. The number of Topliss-reactive ketones (excluding diaryl/α,β-unsaturated/α-hetero) is 1. The molecule has 1 atom stereocenters. The molecule has 0 saturated heterocycles. The molecule has 0 aromatic heterocycles. The number of carbonyl (C=O) groups is 2. The Balaban J connectivity index is 1.98. The maximum absolute atomic E-state index is 13.1. The van der Waals surface area contributed by atoms with E-state index in [1.165, 1.54) is 4.90 Å². The van der Waals surface area contributed by atoms with Crippen LogP contribution < -0.4 is 9.47 Å². The van der Waals surface area contributed by atoms with Gasteiger partial charge in [0.15, 0.2) is 11.5 Å². The van der Waals surface area contributed by atoms with Gasteiger partial charge < -0.3 is 19.5 Å². The molecule has 2 aromatic rings. The predicted molar refractivity (Wildman–Crippen MR) is 123 cm³/mol. The monoisotopic (exact) mass is 437 g/mol. The smallest absolute Gasteiger partial charge is 0.290 e. The molecule has 6 nitrogen and oxygen atoms in total. The van der Waals surface area contributed by atoms with Crippen LogP contribution in [0.25, 0.3) is 0 Å². The minimum absolute atomic E-state index is 0.0640. The summed E-state index contributed by atoms with van der Waals surface area (Å²) in [5.41, 5.74) is 1.73. The van der Waals surface area contributed by atoms with Crippen molar-refractivity contribution in [2.45, 2.75) is 52.8 Å². The van der Waals surface area contributed by atoms with Crippen molar-refractivity contribution >= 4 is 11.7 Å². The summed E-state index contributed by atoms with van der Waals surface area (Å²) in [6, 6.07) is 14.1. The number of amides is 1. The lowest BCUT2D eigenvalue weighted by molar-refractivity contribution is -0.130. The van der Waals surface area contributed by atoms with Gasteiger partial charge >= 0.3 is 0 Å². The van der Waals surface area contributed by atoms with Crippen molar-refractivity contribution in [1.82, 2.24) is 4.90 Å². The molecule has 0 radical (unpaired) electrons. The summed E-state index contributed by atoms with van der Waals surface area (Å²) in [7, 11) is 1.57. The molecule has 0 fully saturated rings. The number of aliphatic hydroxyl groups is 1. The van der Waals surface area contributed by atoms with E-state index in [0.717, 1.165) is 11.3 Å². The Bertz CT molecular complexity index is 1010. The highest BCUT2D eigenvalue weighted by atomic mass is 16.5. The van der Waals surface area contributed by atoms with Crippen LogP contribution in [-0.4, -0.2) is 34.9 Å². The van der Waals surface area contributed by atoms with Crippen LogP contribution in [0.4, 0.5) is 0 Å². The third kappa shape index (κ3) is 5.13. The highest BCUT2D eigenvalue weighted by molar-refractivity contribution is 6.09. The van der Waals surface area contributed by atoms with Crippen molar-refractivity contribution in [3.8, 4) is 11.5 Å². The van der Waals surface area contributed by atoms with E-state index in [4.69, 9.17) is 9.47 Å². The fraction of sp³-hybridized carbons (Fsp3) is 0.385. The van der Waals surface area contributed by atoms with E-state index in [0.29, 0.717) is 11.3 Å². The van der Waals surface area contributed by atoms with Gasteiger partial charge in [0.25, 0.3) is 5.91 Å². The van der Waals surface area contributed by atoms with Crippen molar-refractivity contribution in [1.29, 1.82) is 0 Å². The van der Waals surface area contributed by atoms with Gasteiger partial charge in [-0.25, -0.2) is 0 Å². The lowest BCUT2D eigenvalue weighted by Gasteiger charge is -2.27. The summed E-state index contributed by atoms with van der Waals surface area (Å²) in [5, 5.41) is 10.7. The summed E-state index contributed by atoms with van der Waals surface area (Å²) in [4.78, 5) is 27.7. The molecule has 0 aliphatic carbocycles. The van der Waals surface area contributed by atoms with Gasteiger partial charge in [-0.2, -0.15) is 0 Å². The number of methoxy groups -OCH3 is 1. The molecule has 1 amide bonds. The highest BCUT2D eigenvalue weighted by Gasteiger charge is 2.43. The van der Waals surface area contributed by atoms with Gasteiger partial charge in [-0.3, -0.25) is 9.59 Å². The van der Waals surface area contributed by atoms with Crippen LogP contribution in [0, 0.1) is 5.92 Å². The molecule has 1 heterocycles. The zero-order chi connectivity index (χ0) is 23.4. The molecule has 3 rings (SSSR count). The molecule has 1 aliphatic heterocycles. The number of nitrogens with zero attached hydrogens (tertiary/aromatic N) is 1. The molecule has 32 heavy (non-hydrogen) atoms. The van der Waals surface area contributed by atoms with Crippen LogP contribution in [0.5, 0.6) is 11.5 Å². The van der Waals surface area contributed by atoms with Crippen molar-refractivity contribution < 1.29 is 24.2 Å². The van der Waals surface area contributed by atoms with Crippen molar-refractivity contribution in [2.24, 2.45) is 5.92 Å². The Kier molecular flexibility index (Phi) is 7.23. The number of carbonyl (C=O) groups excluding carboxylic acids is 2. The van der Waals surface area contributed by atoms with Gasteiger partial charge in [0, 0.05) is 13.0 Å². The van der Waals surface area contributed by atoms with Crippen LogP contribution in [-0.2, 0) is 16.1 Å². The van der Waals surface area contributed by atoms with Crippen LogP contribution in [0.3, 0.4) is 0 Å². The molecule has 6 heteroatoms. The summed E-state index contributed by atoms with van der Waals surface area (Å²) in [6.45, 7) is 8.03. The number of ketones is 1. The standard InChI is InChI=1S/C26H31NO5/c1-16(2)13-22(28)23-24(19-7-6-8-21(14-19)31-5)27(26(30)25(23)29)15-18-9-11-20(12-10-18)32-17(3)4/h6-12,14,16-17,24,29H,13,15H2,1-5H3. The summed E-state index contributed by atoms with van der Waals surface area (Å²) in [6.07, 6.45) is 0.316. The third-order valence-corrected chi connectivity index (χ3v) is 5.26. The normalized spacial score (nSPS) is 16.3. The van der Waals surface area contributed by atoms with Gasteiger partial charge in [-0.05, 0) is 55.2 Å². The molecule has 1 N–H and O–H groups in total. The first-order valence-electron chi connectivity index (χ1n) is 10.9. The molecule has 0 saturated carbocycles.